The first-order chi connectivity index (χ1) is 12.3. The molecule has 2 N–H and O–H groups in total. The van der Waals surface area contributed by atoms with E-state index in [0.29, 0.717) is 12.4 Å². The van der Waals surface area contributed by atoms with Crippen molar-refractivity contribution in [3.8, 4) is 0 Å². The van der Waals surface area contributed by atoms with Crippen molar-refractivity contribution < 1.29 is 18.4 Å². The zero-order valence-electron chi connectivity index (χ0n) is 14.9. The van der Waals surface area contributed by atoms with Crippen LogP contribution in [0.15, 0.2) is 35.4 Å². The minimum absolute atomic E-state index is 0.0540. The number of carbonyl (C=O) groups excluding carboxylic acids is 1. The summed E-state index contributed by atoms with van der Waals surface area (Å²) in [6.45, 7) is 6.40. The molecule has 140 valence electrons. The largest absolute Gasteiger partial charge is 0.331 e. The summed E-state index contributed by atoms with van der Waals surface area (Å²) >= 11 is 0. The van der Waals surface area contributed by atoms with Crippen LogP contribution >= 0.6 is 0 Å². The predicted octanol–water partition coefficient (Wildman–Crippen LogP) is 1.71. The number of benzene rings is 1. The molecule has 0 bridgehead atoms. The van der Waals surface area contributed by atoms with E-state index >= 15 is 0 Å². The third kappa shape index (κ3) is 3.13. The molecule has 1 aliphatic rings. The van der Waals surface area contributed by atoms with Crippen LogP contribution < -0.4 is 5.48 Å². The minimum atomic E-state index is -3.70. The Labute approximate surface area is 152 Å². The topological polar surface area (TPSA) is 105 Å². The highest BCUT2D eigenvalue weighted by Gasteiger charge is 2.40. The Kier molecular flexibility index (Phi) is 4.87. The number of rotatable bonds is 4. The number of sulfonamides is 1. The SMILES string of the molecule is Cc1ccc(S(=O)(=O)N2CCn3cc(C(=O)NO)nc3C2C(C)C)cc1. The van der Waals surface area contributed by atoms with Gasteiger partial charge in [-0.1, -0.05) is 31.5 Å². The number of amides is 1. The highest BCUT2D eigenvalue weighted by Crippen LogP contribution is 2.35. The summed E-state index contributed by atoms with van der Waals surface area (Å²) in [6.07, 6.45) is 1.53. The van der Waals surface area contributed by atoms with E-state index in [9.17, 15) is 13.2 Å². The number of hydrogen-bond donors (Lipinski definition) is 2. The lowest BCUT2D eigenvalue weighted by Gasteiger charge is -2.37. The molecular weight excluding hydrogens is 356 g/mol. The van der Waals surface area contributed by atoms with Gasteiger partial charge >= 0.3 is 0 Å². The maximum absolute atomic E-state index is 13.2. The van der Waals surface area contributed by atoms with E-state index in [4.69, 9.17) is 5.21 Å². The van der Waals surface area contributed by atoms with E-state index in [-0.39, 0.29) is 23.1 Å². The van der Waals surface area contributed by atoms with Crippen LogP contribution in [0.2, 0.25) is 0 Å². The number of carbonyl (C=O) groups is 1. The maximum atomic E-state index is 13.2. The average molecular weight is 378 g/mol. The number of imidazole rings is 1. The van der Waals surface area contributed by atoms with Gasteiger partial charge in [0.05, 0.1) is 10.9 Å². The van der Waals surface area contributed by atoms with Gasteiger partial charge in [0, 0.05) is 19.3 Å². The third-order valence-electron chi connectivity index (χ3n) is 4.54. The lowest BCUT2D eigenvalue weighted by molar-refractivity contribution is 0.0701. The molecule has 8 nitrogen and oxygen atoms in total. The van der Waals surface area contributed by atoms with Crippen LogP contribution in [0.1, 0.15) is 41.8 Å². The number of fused-ring (bicyclic) bond motifs is 1. The van der Waals surface area contributed by atoms with E-state index < -0.39 is 22.0 Å². The first-order valence-electron chi connectivity index (χ1n) is 8.35. The van der Waals surface area contributed by atoms with Crippen LogP contribution in [0, 0.1) is 12.8 Å². The Morgan fingerprint density at radius 1 is 1.27 bits per heavy atom. The third-order valence-corrected chi connectivity index (χ3v) is 6.43. The summed E-state index contributed by atoms with van der Waals surface area (Å²) in [5.74, 6) is -0.274. The molecule has 0 fully saturated rings. The number of hydroxylamine groups is 1. The molecule has 0 spiro atoms. The van der Waals surface area contributed by atoms with Gasteiger partial charge in [-0.2, -0.15) is 4.31 Å². The number of nitrogens with zero attached hydrogens (tertiary/aromatic N) is 3. The molecule has 1 atom stereocenters. The van der Waals surface area contributed by atoms with E-state index in [2.05, 4.69) is 4.98 Å². The highest BCUT2D eigenvalue weighted by atomic mass is 32.2. The van der Waals surface area contributed by atoms with E-state index in [1.807, 2.05) is 20.8 Å². The van der Waals surface area contributed by atoms with Gasteiger partial charge in [-0.05, 0) is 25.0 Å². The minimum Gasteiger partial charge on any atom is -0.331 e. The fourth-order valence-electron chi connectivity index (χ4n) is 3.23. The molecule has 9 heteroatoms. The van der Waals surface area contributed by atoms with Gasteiger partial charge < -0.3 is 4.57 Å². The number of aryl methyl sites for hydroxylation is 1. The van der Waals surface area contributed by atoms with Gasteiger partial charge in [0.2, 0.25) is 10.0 Å². The fraction of sp³-hybridized carbons (Fsp3) is 0.412. The van der Waals surface area contributed by atoms with Crippen LogP contribution in [0.3, 0.4) is 0 Å². The summed E-state index contributed by atoms with van der Waals surface area (Å²) in [5.41, 5.74) is 2.60. The van der Waals surface area contributed by atoms with Crippen molar-refractivity contribution in [1.29, 1.82) is 0 Å². The van der Waals surface area contributed by atoms with Crippen molar-refractivity contribution >= 4 is 15.9 Å². The Balaban J connectivity index is 2.05. The van der Waals surface area contributed by atoms with Crippen molar-refractivity contribution in [3.63, 3.8) is 0 Å². The average Bonchev–Trinajstić information content (AvgIpc) is 3.04. The lowest BCUT2D eigenvalue weighted by Crippen LogP contribution is -2.44. The predicted molar refractivity (Wildman–Crippen MR) is 94.1 cm³/mol. The Morgan fingerprint density at radius 2 is 1.92 bits per heavy atom. The first-order valence-corrected chi connectivity index (χ1v) is 9.79. The summed E-state index contributed by atoms with van der Waals surface area (Å²) in [7, 11) is -3.70. The standard InChI is InChI=1S/C17H22N4O4S/c1-11(2)15-16-18-14(17(22)19-23)10-20(16)8-9-21(15)26(24,25)13-6-4-12(3)5-7-13/h4-7,10-11,15,23H,8-9H2,1-3H3,(H,19,22). The molecule has 26 heavy (non-hydrogen) atoms. The van der Waals surface area contributed by atoms with Crippen LogP contribution in [0.5, 0.6) is 0 Å². The van der Waals surface area contributed by atoms with Crippen molar-refractivity contribution in [1.82, 2.24) is 19.3 Å². The normalized spacial score (nSPS) is 18.0. The molecule has 1 aromatic heterocycles. The van der Waals surface area contributed by atoms with Gasteiger partial charge in [-0.3, -0.25) is 10.0 Å². The molecule has 2 heterocycles. The molecule has 0 saturated heterocycles. The van der Waals surface area contributed by atoms with Gasteiger partial charge in [-0.15, -0.1) is 0 Å². The second-order valence-corrected chi connectivity index (χ2v) is 8.63. The van der Waals surface area contributed by atoms with E-state index in [1.165, 1.54) is 10.5 Å². The Bertz CT molecular complexity index is 919. The molecular formula is C17H22N4O4S. The molecule has 3 rings (SSSR count). The van der Waals surface area contributed by atoms with Crippen LogP contribution in [0.4, 0.5) is 0 Å². The lowest BCUT2D eigenvalue weighted by atomic mass is 10.0. The summed E-state index contributed by atoms with van der Waals surface area (Å²) in [4.78, 5) is 16.2. The number of hydrogen-bond acceptors (Lipinski definition) is 5. The molecule has 0 radical (unpaired) electrons. The van der Waals surface area contributed by atoms with Crippen molar-refractivity contribution in [2.75, 3.05) is 6.54 Å². The van der Waals surface area contributed by atoms with Crippen LogP contribution in [-0.4, -0.2) is 39.9 Å². The van der Waals surface area contributed by atoms with Gasteiger partial charge in [0.25, 0.3) is 5.91 Å². The van der Waals surface area contributed by atoms with Crippen molar-refractivity contribution in [3.05, 3.63) is 47.5 Å². The molecule has 1 unspecified atom stereocenters. The van der Waals surface area contributed by atoms with E-state index in [1.54, 1.807) is 34.3 Å². The van der Waals surface area contributed by atoms with Crippen molar-refractivity contribution in [2.24, 2.45) is 5.92 Å². The van der Waals surface area contributed by atoms with E-state index in [0.717, 1.165) is 5.56 Å². The molecule has 1 aromatic carbocycles. The quantitative estimate of drug-likeness (QED) is 0.623. The molecule has 0 saturated carbocycles. The van der Waals surface area contributed by atoms with Crippen LogP contribution in [-0.2, 0) is 16.6 Å². The second-order valence-electron chi connectivity index (χ2n) is 6.74. The Hall–Kier alpha value is -2.23. The highest BCUT2D eigenvalue weighted by molar-refractivity contribution is 7.89. The summed E-state index contributed by atoms with van der Waals surface area (Å²) in [5, 5.41) is 8.82. The van der Waals surface area contributed by atoms with Crippen molar-refractivity contribution in [2.45, 2.75) is 38.3 Å². The van der Waals surface area contributed by atoms with Gasteiger partial charge in [0.1, 0.15) is 11.5 Å². The smallest absolute Gasteiger partial charge is 0.294 e. The van der Waals surface area contributed by atoms with Crippen LogP contribution in [0.25, 0.3) is 0 Å². The molecule has 2 aromatic rings. The molecule has 0 aliphatic carbocycles. The second kappa shape index (κ2) is 6.82. The summed E-state index contributed by atoms with van der Waals surface area (Å²) in [6, 6.07) is 6.24. The summed E-state index contributed by atoms with van der Waals surface area (Å²) < 4.78 is 29.6. The fourth-order valence-corrected chi connectivity index (χ4v) is 4.94. The molecule has 1 amide bonds. The van der Waals surface area contributed by atoms with Gasteiger partial charge in [0.15, 0.2) is 0 Å². The monoisotopic (exact) mass is 378 g/mol. The maximum Gasteiger partial charge on any atom is 0.294 e. The number of nitrogens with one attached hydrogen (secondary N) is 1. The molecule has 1 aliphatic heterocycles. The Morgan fingerprint density at radius 3 is 2.50 bits per heavy atom. The van der Waals surface area contributed by atoms with Gasteiger partial charge in [-0.25, -0.2) is 18.9 Å². The number of aromatic nitrogens is 2. The zero-order chi connectivity index (χ0) is 19.1. The zero-order valence-corrected chi connectivity index (χ0v) is 15.7. The first kappa shape index (κ1) is 18.6.